The number of hydrogen-bond donors (Lipinski definition) is 4. The van der Waals surface area contributed by atoms with E-state index in [1.54, 1.807) is 0 Å². The Labute approximate surface area is 243 Å². The van der Waals surface area contributed by atoms with Crippen molar-refractivity contribution in [3.05, 3.63) is 0 Å². The van der Waals surface area contributed by atoms with Crippen molar-refractivity contribution < 1.29 is 20.4 Å². The third-order valence-electron chi connectivity index (χ3n) is 16.5. The average molecular weight is 555 g/mol. The highest BCUT2D eigenvalue weighted by Gasteiger charge is 2.65. The maximum absolute atomic E-state index is 11.3. The van der Waals surface area contributed by atoms with Gasteiger partial charge in [0, 0.05) is 10.8 Å². The summed E-state index contributed by atoms with van der Waals surface area (Å²) in [6.45, 7) is 0. The Kier molecular flexibility index (Phi) is 6.99. The molecule has 0 aromatic rings. The van der Waals surface area contributed by atoms with Crippen LogP contribution in [-0.2, 0) is 0 Å². The molecular weight excluding hydrogens is 496 g/mol. The molecule has 4 N–H and O–H groups in total. The van der Waals surface area contributed by atoms with Crippen molar-refractivity contribution in [2.24, 2.45) is 81.8 Å². The highest BCUT2D eigenvalue weighted by atomic mass is 16.5. The van der Waals surface area contributed by atoms with Crippen molar-refractivity contribution >= 4 is 0 Å². The number of rotatable bonds is 3. The van der Waals surface area contributed by atoms with Crippen LogP contribution in [0, 0.1) is 81.8 Å². The number of fused-ring (bicyclic) bond motifs is 10. The minimum atomic E-state index is -1.46. The second-order valence-corrected chi connectivity index (χ2v) is 17.1. The maximum atomic E-state index is 11.3. The van der Waals surface area contributed by atoms with E-state index < -0.39 is 23.4 Å². The zero-order valence-electron chi connectivity index (χ0n) is 25.0. The molecular formula is C36H58O4. The van der Waals surface area contributed by atoms with Gasteiger partial charge in [0.25, 0.3) is 0 Å². The normalized spacial score (nSPS) is 55.6. The van der Waals surface area contributed by atoms with Gasteiger partial charge in [-0.2, -0.15) is 0 Å². The van der Waals surface area contributed by atoms with Crippen molar-refractivity contribution in [2.45, 2.75) is 141 Å². The van der Waals surface area contributed by atoms with Crippen LogP contribution in [0.25, 0.3) is 0 Å². The van der Waals surface area contributed by atoms with Crippen molar-refractivity contribution in [1.29, 1.82) is 0 Å². The van der Waals surface area contributed by atoms with Gasteiger partial charge in [-0.05, 0) is 174 Å². The first kappa shape index (κ1) is 27.4. The smallest absolute Gasteiger partial charge is 0.157 e. The molecule has 0 radical (unpaired) electrons. The standard InChI is InChI=1S/C36H58O4/c37-33(38)35(17-15-27-23(19-35)9-13-29-25-5-1-3-21(25)7-11-31(27)29)36(34(39)40)18-16-28-24(20-36)10-14-30-26-6-2-4-22(26)8-12-32(28)30/h21-34,37-40H,1-20H2/t21-,22?,23?,24?,25+,26?,27-,28?,29-,30?,31+,32?,35?,36?/m0/s1. The molecule has 9 unspecified atom stereocenters. The third-order valence-corrected chi connectivity index (χ3v) is 16.5. The molecule has 226 valence electrons. The van der Waals surface area contributed by atoms with Crippen LogP contribution in [0.15, 0.2) is 0 Å². The highest BCUT2D eigenvalue weighted by Crippen LogP contribution is 2.69. The molecule has 8 saturated carbocycles. The second-order valence-electron chi connectivity index (χ2n) is 17.1. The lowest BCUT2D eigenvalue weighted by molar-refractivity contribution is -0.297. The van der Waals surface area contributed by atoms with Crippen molar-refractivity contribution in [3.63, 3.8) is 0 Å². The van der Waals surface area contributed by atoms with E-state index in [1.807, 2.05) is 0 Å². The molecule has 0 aromatic carbocycles. The van der Waals surface area contributed by atoms with Gasteiger partial charge in [-0.25, -0.2) is 0 Å². The summed E-state index contributed by atoms with van der Waals surface area (Å²) in [5.74, 6) is 9.87. The summed E-state index contributed by atoms with van der Waals surface area (Å²) in [5, 5.41) is 45.0. The van der Waals surface area contributed by atoms with E-state index in [9.17, 15) is 20.4 Å². The zero-order chi connectivity index (χ0) is 27.2. The molecule has 8 fully saturated rings. The van der Waals surface area contributed by atoms with E-state index in [2.05, 4.69) is 0 Å². The molecule has 0 bridgehead atoms. The van der Waals surface area contributed by atoms with Crippen LogP contribution in [-0.4, -0.2) is 33.0 Å². The van der Waals surface area contributed by atoms with E-state index >= 15 is 0 Å². The fourth-order valence-corrected chi connectivity index (χ4v) is 15.0. The van der Waals surface area contributed by atoms with Gasteiger partial charge in [-0.3, -0.25) is 0 Å². The average Bonchev–Trinajstić information content (AvgIpc) is 3.65. The van der Waals surface area contributed by atoms with Crippen molar-refractivity contribution in [1.82, 2.24) is 0 Å². The van der Waals surface area contributed by atoms with Gasteiger partial charge >= 0.3 is 0 Å². The van der Waals surface area contributed by atoms with Gasteiger partial charge in [0.2, 0.25) is 0 Å². The van der Waals surface area contributed by atoms with Gasteiger partial charge in [0.05, 0.1) is 0 Å². The fraction of sp³-hybridized carbons (Fsp3) is 1.00. The Morgan fingerprint density at radius 3 is 1.07 bits per heavy atom. The number of hydrogen-bond acceptors (Lipinski definition) is 4. The summed E-state index contributed by atoms with van der Waals surface area (Å²) in [6.07, 6.45) is 21.8. The molecule has 0 amide bonds. The molecule has 0 heterocycles. The third kappa shape index (κ3) is 3.89. The quantitative estimate of drug-likeness (QED) is 0.287. The SMILES string of the molecule is OC(O)C1(C2(C(O)O)CC[C@H]3C(CC[C@H]4[C@@H]5CCC[C@H]5CC[C@@H]43)C2)CCC2C(CCC3C4CCCC4CCC23)C1. The molecule has 0 aromatic heterocycles. The molecule has 0 saturated heterocycles. The Balaban J connectivity index is 1.04. The van der Waals surface area contributed by atoms with Crippen LogP contribution < -0.4 is 0 Å². The lowest BCUT2D eigenvalue weighted by atomic mass is 9.42. The van der Waals surface area contributed by atoms with Gasteiger partial charge in [-0.1, -0.05) is 25.7 Å². The Hall–Kier alpha value is -0.160. The van der Waals surface area contributed by atoms with Crippen LogP contribution in [0.1, 0.15) is 128 Å². The summed E-state index contributed by atoms with van der Waals surface area (Å²) in [5.41, 5.74) is -1.55. The van der Waals surface area contributed by atoms with Crippen molar-refractivity contribution in [3.8, 4) is 0 Å². The van der Waals surface area contributed by atoms with Crippen LogP contribution in [0.2, 0.25) is 0 Å². The first-order chi connectivity index (χ1) is 19.4. The monoisotopic (exact) mass is 554 g/mol. The summed E-state index contributed by atoms with van der Waals surface area (Å²) in [6, 6.07) is 0. The first-order valence-electron chi connectivity index (χ1n) is 18.1. The lowest BCUT2D eigenvalue weighted by Crippen LogP contribution is -2.62. The molecule has 4 heteroatoms. The fourth-order valence-electron chi connectivity index (χ4n) is 15.0. The second kappa shape index (κ2) is 10.2. The van der Waals surface area contributed by atoms with Gasteiger partial charge in [-0.15, -0.1) is 0 Å². The van der Waals surface area contributed by atoms with E-state index in [0.29, 0.717) is 23.7 Å². The Morgan fingerprint density at radius 2 is 0.700 bits per heavy atom. The first-order valence-corrected chi connectivity index (χ1v) is 18.1. The van der Waals surface area contributed by atoms with Crippen LogP contribution >= 0.6 is 0 Å². The Morgan fingerprint density at radius 1 is 0.350 bits per heavy atom. The van der Waals surface area contributed by atoms with Crippen LogP contribution in [0.4, 0.5) is 0 Å². The molecule has 0 spiro atoms. The highest BCUT2D eigenvalue weighted by molar-refractivity contribution is 5.11. The van der Waals surface area contributed by atoms with Crippen LogP contribution in [0.3, 0.4) is 0 Å². The molecule has 8 aliphatic rings. The maximum Gasteiger partial charge on any atom is 0.157 e. The molecule has 40 heavy (non-hydrogen) atoms. The van der Waals surface area contributed by atoms with Gasteiger partial charge in [0.1, 0.15) is 0 Å². The van der Waals surface area contributed by atoms with E-state index in [-0.39, 0.29) is 0 Å². The molecule has 14 atom stereocenters. The lowest BCUT2D eigenvalue weighted by Gasteiger charge is -2.64. The molecule has 4 nitrogen and oxygen atoms in total. The number of aliphatic hydroxyl groups is 4. The largest absolute Gasteiger partial charge is 0.368 e. The van der Waals surface area contributed by atoms with Gasteiger partial charge in [0.15, 0.2) is 12.6 Å². The zero-order valence-corrected chi connectivity index (χ0v) is 25.0. The topological polar surface area (TPSA) is 80.9 Å². The summed E-state index contributed by atoms with van der Waals surface area (Å²) in [7, 11) is 0. The minimum absolute atomic E-state index is 0.525. The molecule has 0 aliphatic heterocycles. The van der Waals surface area contributed by atoms with E-state index in [1.165, 1.54) is 89.9 Å². The molecule has 8 aliphatic carbocycles. The molecule has 8 rings (SSSR count). The number of aliphatic hydroxyl groups excluding tert-OH is 2. The van der Waals surface area contributed by atoms with Crippen molar-refractivity contribution in [2.75, 3.05) is 0 Å². The summed E-state index contributed by atoms with van der Waals surface area (Å²) >= 11 is 0. The Bertz CT molecular complexity index is 860. The summed E-state index contributed by atoms with van der Waals surface area (Å²) < 4.78 is 0. The summed E-state index contributed by atoms with van der Waals surface area (Å²) in [4.78, 5) is 0. The van der Waals surface area contributed by atoms with Crippen LogP contribution in [0.5, 0.6) is 0 Å². The van der Waals surface area contributed by atoms with E-state index in [0.717, 1.165) is 85.9 Å². The predicted octanol–water partition coefficient (Wildman–Crippen LogP) is 6.89. The minimum Gasteiger partial charge on any atom is -0.368 e. The predicted molar refractivity (Wildman–Crippen MR) is 156 cm³/mol. The van der Waals surface area contributed by atoms with E-state index in [4.69, 9.17) is 0 Å². The van der Waals surface area contributed by atoms with Gasteiger partial charge < -0.3 is 20.4 Å².